The molecule has 8 nitrogen and oxygen atoms in total. The lowest BCUT2D eigenvalue weighted by atomic mass is 10.3. The molecule has 1 aromatic rings. The van der Waals surface area contributed by atoms with E-state index in [1.807, 2.05) is 6.92 Å². The van der Waals surface area contributed by atoms with Crippen LogP contribution in [0.2, 0.25) is 0 Å². The van der Waals surface area contributed by atoms with Gasteiger partial charge < -0.3 is 21.1 Å². The minimum atomic E-state index is -1.14. The molecule has 0 aliphatic carbocycles. The molecule has 0 saturated carbocycles. The lowest BCUT2D eigenvalue weighted by Crippen LogP contribution is -2.33. The van der Waals surface area contributed by atoms with Crippen molar-refractivity contribution in [3.63, 3.8) is 0 Å². The first-order chi connectivity index (χ1) is 10.0. The molecule has 3 amide bonds. The Hall–Kier alpha value is -2.64. The van der Waals surface area contributed by atoms with Crippen molar-refractivity contribution in [1.29, 1.82) is 0 Å². The van der Waals surface area contributed by atoms with E-state index in [-0.39, 0.29) is 24.6 Å². The van der Waals surface area contributed by atoms with Crippen LogP contribution < -0.4 is 16.0 Å². The number of aromatic nitrogens is 1. The first kappa shape index (κ1) is 16.4. The molecule has 0 spiro atoms. The molecule has 1 rings (SSSR count). The van der Waals surface area contributed by atoms with Crippen molar-refractivity contribution in [2.45, 2.75) is 19.8 Å². The van der Waals surface area contributed by atoms with E-state index in [4.69, 9.17) is 5.11 Å². The molecule has 21 heavy (non-hydrogen) atoms. The summed E-state index contributed by atoms with van der Waals surface area (Å²) in [6.07, 6.45) is 2.31. The Balaban J connectivity index is 2.30. The van der Waals surface area contributed by atoms with Crippen LogP contribution in [0, 0.1) is 0 Å². The number of hydrogen-bond donors (Lipinski definition) is 4. The molecule has 8 heteroatoms. The molecule has 0 fully saturated rings. The minimum absolute atomic E-state index is 0.103. The van der Waals surface area contributed by atoms with Crippen LogP contribution in [-0.2, 0) is 4.79 Å². The van der Waals surface area contributed by atoms with Gasteiger partial charge in [-0.05, 0) is 18.6 Å². The zero-order valence-electron chi connectivity index (χ0n) is 11.7. The summed E-state index contributed by atoms with van der Waals surface area (Å²) in [6.45, 7) is 2.78. The summed E-state index contributed by atoms with van der Waals surface area (Å²) in [5.74, 6) is -1.26. The molecule has 0 unspecified atom stereocenters. The maximum Gasteiger partial charge on any atom is 0.354 e. The van der Waals surface area contributed by atoms with Gasteiger partial charge in [0.2, 0.25) is 5.91 Å². The fraction of sp³-hybridized carbons (Fsp3) is 0.385. The predicted molar refractivity (Wildman–Crippen MR) is 76.1 cm³/mol. The number of anilines is 1. The van der Waals surface area contributed by atoms with E-state index in [2.05, 4.69) is 20.9 Å². The van der Waals surface area contributed by atoms with Crippen LogP contribution in [0.25, 0.3) is 0 Å². The first-order valence-corrected chi connectivity index (χ1v) is 6.53. The molecule has 0 atom stereocenters. The predicted octanol–water partition coefficient (Wildman–Crippen LogP) is 0.818. The molecule has 0 aliphatic heterocycles. The highest BCUT2D eigenvalue weighted by atomic mass is 16.4. The molecular weight excluding hydrogens is 276 g/mol. The highest BCUT2D eigenvalue weighted by Crippen LogP contribution is 2.05. The molecular formula is C13H18N4O4. The maximum absolute atomic E-state index is 11.5. The summed E-state index contributed by atoms with van der Waals surface area (Å²) < 4.78 is 0. The second-order valence-corrected chi connectivity index (χ2v) is 4.22. The van der Waals surface area contributed by atoms with Crippen molar-refractivity contribution in [2.24, 2.45) is 0 Å². The Bertz CT molecular complexity index is 501. The summed E-state index contributed by atoms with van der Waals surface area (Å²) in [4.78, 5) is 37.1. The molecule has 1 heterocycles. The monoisotopic (exact) mass is 294 g/mol. The number of rotatable bonds is 7. The summed E-state index contributed by atoms with van der Waals surface area (Å²) >= 11 is 0. The van der Waals surface area contributed by atoms with E-state index in [0.29, 0.717) is 12.2 Å². The third-order valence-electron chi connectivity index (χ3n) is 2.45. The number of carbonyl (C=O) groups is 3. The van der Waals surface area contributed by atoms with E-state index in [0.717, 1.165) is 6.42 Å². The maximum atomic E-state index is 11.5. The van der Waals surface area contributed by atoms with Crippen molar-refractivity contribution in [3.05, 3.63) is 24.0 Å². The van der Waals surface area contributed by atoms with Crippen LogP contribution in [-0.4, -0.2) is 41.1 Å². The Morgan fingerprint density at radius 1 is 1.19 bits per heavy atom. The van der Waals surface area contributed by atoms with Crippen LogP contribution in [0.4, 0.5) is 10.5 Å². The minimum Gasteiger partial charge on any atom is -0.477 e. The fourth-order valence-electron chi connectivity index (χ4n) is 1.41. The van der Waals surface area contributed by atoms with E-state index in [1.165, 1.54) is 18.3 Å². The molecule has 4 N–H and O–H groups in total. The highest BCUT2D eigenvalue weighted by molar-refractivity contribution is 5.90. The quantitative estimate of drug-likeness (QED) is 0.593. The average molecular weight is 294 g/mol. The zero-order chi connectivity index (χ0) is 15.7. The van der Waals surface area contributed by atoms with Gasteiger partial charge in [-0.1, -0.05) is 6.92 Å². The topological polar surface area (TPSA) is 120 Å². The second-order valence-electron chi connectivity index (χ2n) is 4.22. The van der Waals surface area contributed by atoms with Gasteiger partial charge in [0.1, 0.15) is 5.69 Å². The lowest BCUT2D eigenvalue weighted by Gasteiger charge is -2.07. The Labute approximate surface area is 121 Å². The van der Waals surface area contributed by atoms with Gasteiger partial charge in [-0.15, -0.1) is 0 Å². The number of amides is 3. The molecule has 0 aliphatic rings. The largest absolute Gasteiger partial charge is 0.477 e. The summed E-state index contributed by atoms with van der Waals surface area (Å²) in [5.41, 5.74) is 0.265. The number of pyridine rings is 1. The normalized spacial score (nSPS) is 9.76. The smallest absolute Gasteiger partial charge is 0.354 e. The Kier molecular flexibility index (Phi) is 6.66. The van der Waals surface area contributed by atoms with Gasteiger partial charge in [0.25, 0.3) is 0 Å². The second kappa shape index (κ2) is 8.51. The van der Waals surface area contributed by atoms with Gasteiger partial charge in [-0.2, -0.15) is 0 Å². The average Bonchev–Trinajstić information content (AvgIpc) is 2.45. The van der Waals surface area contributed by atoms with Crippen molar-refractivity contribution in [1.82, 2.24) is 15.6 Å². The summed E-state index contributed by atoms with van der Waals surface area (Å²) in [7, 11) is 0. The molecule has 0 aromatic carbocycles. The van der Waals surface area contributed by atoms with Gasteiger partial charge in [0.15, 0.2) is 0 Å². The van der Waals surface area contributed by atoms with Crippen LogP contribution in [0.1, 0.15) is 30.3 Å². The Morgan fingerprint density at radius 3 is 2.52 bits per heavy atom. The zero-order valence-corrected chi connectivity index (χ0v) is 11.7. The summed E-state index contributed by atoms with van der Waals surface area (Å²) in [5, 5.41) is 16.4. The molecule has 0 bridgehead atoms. The van der Waals surface area contributed by atoms with E-state index < -0.39 is 12.0 Å². The molecule has 0 saturated heterocycles. The third kappa shape index (κ3) is 6.37. The standard InChI is InChI=1S/C13H18N4O4/c1-2-6-14-11(18)5-7-15-13(21)17-9-3-4-10(12(19)20)16-8-9/h3-4,8H,2,5-7H2,1H3,(H,14,18)(H,19,20)(H2,15,17,21). The highest BCUT2D eigenvalue weighted by Gasteiger charge is 2.06. The van der Waals surface area contributed by atoms with Gasteiger partial charge >= 0.3 is 12.0 Å². The number of carbonyl (C=O) groups excluding carboxylic acids is 2. The van der Waals surface area contributed by atoms with E-state index >= 15 is 0 Å². The van der Waals surface area contributed by atoms with Gasteiger partial charge in [0, 0.05) is 19.5 Å². The van der Waals surface area contributed by atoms with Crippen LogP contribution in [0.3, 0.4) is 0 Å². The van der Waals surface area contributed by atoms with Crippen molar-refractivity contribution in [2.75, 3.05) is 18.4 Å². The number of carboxylic acids is 1. The van der Waals surface area contributed by atoms with Crippen molar-refractivity contribution in [3.8, 4) is 0 Å². The van der Waals surface area contributed by atoms with E-state index in [1.54, 1.807) is 0 Å². The first-order valence-electron chi connectivity index (χ1n) is 6.53. The van der Waals surface area contributed by atoms with Crippen molar-refractivity contribution < 1.29 is 19.5 Å². The third-order valence-corrected chi connectivity index (χ3v) is 2.45. The summed E-state index contributed by atoms with van der Waals surface area (Å²) in [6, 6.07) is 2.24. The van der Waals surface area contributed by atoms with Crippen LogP contribution >= 0.6 is 0 Å². The molecule has 1 aromatic heterocycles. The van der Waals surface area contributed by atoms with Gasteiger partial charge in [0.05, 0.1) is 11.9 Å². The Morgan fingerprint density at radius 2 is 1.95 bits per heavy atom. The van der Waals surface area contributed by atoms with Crippen molar-refractivity contribution >= 4 is 23.6 Å². The number of urea groups is 1. The van der Waals surface area contributed by atoms with Gasteiger partial charge in [-0.25, -0.2) is 14.6 Å². The lowest BCUT2D eigenvalue weighted by molar-refractivity contribution is -0.120. The molecule has 0 radical (unpaired) electrons. The number of nitrogens with zero attached hydrogens (tertiary/aromatic N) is 1. The van der Waals surface area contributed by atoms with Crippen LogP contribution in [0.15, 0.2) is 18.3 Å². The van der Waals surface area contributed by atoms with Gasteiger partial charge in [-0.3, -0.25) is 4.79 Å². The SMILES string of the molecule is CCCNC(=O)CCNC(=O)Nc1ccc(C(=O)O)nc1. The van der Waals surface area contributed by atoms with Crippen LogP contribution in [0.5, 0.6) is 0 Å². The number of hydrogen-bond acceptors (Lipinski definition) is 4. The number of nitrogens with one attached hydrogen (secondary N) is 3. The number of carboxylic acid groups (broad SMARTS) is 1. The number of aromatic carboxylic acids is 1. The molecule has 114 valence electrons. The van der Waals surface area contributed by atoms with E-state index in [9.17, 15) is 14.4 Å². The fourth-order valence-corrected chi connectivity index (χ4v) is 1.41.